The van der Waals surface area contributed by atoms with Crippen LogP contribution in [0.2, 0.25) is 0 Å². The Balaban J connectivity index is 2.16. The maximum atomic E-state index is 12.5. The van der Waals surface area contributed by atoms with E-state index in [1.807, 2.05) is 31.2 Å². The van der Waals surface area contributed by atoms with E-state index in [1.54, 1.807) is 12.0 Å². The third-order valence-corrected chi connectivity index (χ3v) is 3.83. The van der Waals surface area contributed by atoms with Gasteiger partial charge in [0.05, 0.1) is 12.6 Å². The van der Waals surface area contributed by atoms with E-state index in [-0.39, 0.29) is 17.9 Å². The van der Waals surface area contributed by atoms with Crippen LogP contribution < -0.4 is 10.2 Å². The van der Waals surface area contributed by atoms with Crippen LogP contribution in [0.5, 0.6) is 0 Å². The Labute approximate surface area is 125 Å². The highest BCUT2D eigenvalue weighted by molar-refractivity contribution is 6.02. The molecule has 0 saturated heterocycles. The Morgan fingerprint density at radius 1 is 1.43 bits per heavy atom. The molecule has 114 valence electrons. The van der Waals surface area contributed by atoms with Crippen LogP contribution in [0.4, 0.5) is 5.69 Å². The number of carbonyl (C=O) groups excluding carboxylic acids is 2. The number of benzene rings is 1. The van der Waals surface area contributed by atoms with Crippen LogP contribution in [0.15, 0.2) is 24.3 Å². The number of carbonyl (C=O) groups is 2. The van der Waals surface area contributed by atoms with Crippen molar-refractivity contribution < 1.29 is 14.3 Å². The minimum Gasteiger partial charge on any atom is -0.383 e. The second-order valence-electron chi connectivity index (χ2n) is 5.31. The smallest absolute Gasteiger partial charge is 0.243 e. The Morgan fingerprint density at radius 3 is 2.76 bits per heavy atom. The summed E-state index contributed by atoms with van der Waals surface area (Å²) in [7, 11) is 1.61. The Kier molecular flexibility index (Phi) is 4.96. The highest BCUT2D eigenvalue weighted by Gasteiger charge is 2.37. The second kappa shape index (κ2) is 6.72. The molecule has 0 fully saturated rings. The van der Waals surface area contributed by atoms with E-state index in [1.165, 1.54) is 6.92 Å². The van der Waals surface area contributed by atoms with Crippen molar-refractivity contribution in [1.82, 2.24) is 5.32 Å². The normalized spacial score (nSPS) is 18.2. The Hall–Kier alpha value is -1.88. The summed E-state index contributed by atoms with van der Waals surface area (Å²) >= 11 is 0. The number of nitrogens with zero attached hydrogens (tertiary/aromatic N) is 1. The van der Waals surface area contributed by atoms with Crippen LogP contribution >= 0.6 is 0 Å². The highest BCUT2D eigenvalue weighted by Crippen LogP contribution is 2.32. The minimum absolute atomic E-state index is 0.0278. The van der Waals surface area contributed by atoms with Crippen LogP contribution in [0.3, 0.4) is 0 Å². The summed E-state index contributed by atoms with van der Waals surface area (Å²) in [6.07, 6.45) is 1.35. The number of anilines is 1. The maximum Gasteiger partial charge on any atom is 0.243 e. The van der Waals surface area contributed by atoms with Gasteiger partial charge in [-0.3, -0.25) is 14.5 Å². The summed E-state index contributed by atoms with van der Waals surface area (Å²) in [5, 5.41) is 2.97. The van der Waals surface area contributed by atoms with Crippen LogP contribution in [0, 0.1) is 0 Å². The van der Waals surface area contributed by atoms with Gasteiger partial charge < -0.3 is 10.1 Å². The fraction of sp³-hybridized carbons (Fsp3) is 0.500. The SMILES string of the molecule is CCC(COC)NC(=O)[C@@H]1Cc2ccccc2N1C(C)=O. The summed E-state index contributed by atoms with van der Waals surface area (Å²) in [5.74, 6) is -0.231. The fourth-order valence-electron chi connectivity index (χ4n) is 2.75. The monoisotopic (exact) mass is 290 g/mol. The summed E-state index contributed by atoms with van der Waals surface area (Å²) in [4.78, 5) is 26.0. The van der Waals surface area contributed by atoms with Gasteiger partial charge in [0.25, 0.3) is 0 Å². The van der Waals surface area contributed by atoms with Gasteiger partial charge in [0, 0.05) is 26.1 Å². The van der Waals surface area contributed by atoms with E-state index in [0.717, 1.165) is 17.7 Å². The van der Waals surface area contributed by atoms with E-state index in [9.17, 15) is 9.59 Å². The number of fused-ring (bicyclic) bond motifs is 1. The quantitative estimate of drug-likeness (QED) is 0.894. The molecule has 0 aliphatic carbocycles. The molecule has 21 heavy (non-hydrogen) atoms. The molecule has 1 aromatic carbocycles. The summed E-state index contributed by atoms with van der Waals surface area (Å²) in [6.45, 7) is 3.97. The lowest BCUT2D eigenvalue weighted by molar-refractivity contribution is -0.126. The molecule has 2 rings (SSSR count). The molecule has 1 heterocycles. The van der Waals surface area contributed by atoms with Gasteiger partial charge in [-0.15, -0.1) is 0 Å². The van der Waals surface area contributed by atoms with Crippen molar-refractivity contribution in [3.8, 4) is 0 Å². The predicted octanol–water partition coefficient (Wildman–Crippen LogP) is 1.51. The number of hydrogen-bond acceptors (Lipinski definition) is 3. The molecule has 2 amide bonds. The van der Waals surface area contributed by atoms with E-state index >= 15 is 0 Å². The first-order valence-electron chi connectivity index (χ1n) is 7.25. The van der Waals surface area contributed by atoms with Gasteiger partial charge in [0.2, 0.25) is 11.8 Å². The molecule has 0 radical (unpaired) electrons. The van der Waals surface area contributed by atoms with Gasteiger partial charge in [-0.25, -0.2) is 0 Å². The summed E-state index contributed by atoms with van der Waals surface area (Å²) in [6, 6.07) is 7.17. The van der Waals surface area contributed by atoms with E-state index in [4.69, 9.17) is 4.74 Å². The molecule has 5 nitrogen and oxygen atoms in total. The molecule has 0 spiro atoms. The van der Waals surface area contributed by atoms with Crippen molar-refractivity contribution in [2.75, 3.05) is 18.6 Å². The first kappa shape index (κ1) is 15.5. The first-order valence-corrected chi connectivity index (χ1v) is 7.25. The van der Waals surface area contributed by atoms with Crippen LogP contribution in [0.25, 0.3) is 0 Å². The van der Waals surface area contributed by atoms with Gasteiger partial charge in [-0.05, 0) is 18.1 Å². The van der Waals surface area contributed by atoms with E-state index in [2.05, 4.69) is 5.32 Å². The molecule has 1 aromatic rings. The Bertz CT molecular complexity index is 530. The largest absolute Gasteiger partial charge is 0.383 e. The van der Waals surface area contributed by atoms with Crippen molar-refractivity contribution in [3.63, 3.8) is 0 Å². The summed E-state index contributed by atoms with van der Waals surface area (Å²) < 4.78 is 5.10. The number of hydrogen-bond donors (Lipinski definition) is 1. The molecule has 1 aliphatic rings. The number of rotatable bonds is 5. The van der Waals surface area contributed by atoms with E-state index < -0.39 is 6.04 Å². The molecule has 0 aromatic heterocycles. The average molecular weight is 290 g/mol. The predicted molar refractivity (Wildman–Crippen MR) is 81.2 cm³/mol. The zero-order valence-electron chi connectivity index (χ0n) is 12.8. The average Bonchev–Trinajstić information content (AvgIpc) is 2.86. The maximum absolute atomic E-state index is 12.5. The molecule has 1 N–H and O–H groups in total. The minimum atomic E-state index is -0.467. The van der Waals surface area contributed by atoms with Gasteiger partial charge in [-0.1, -0.05) is 25.1 Å². The van der Waals surface area contributed by atoms with Crippen molar-refractivity contribution in [3.05, 3.63) is 29.8 Å². The van der Waals surface area contributed by atoms with Gasteiger partial charge >= 0.3 is 0 Å². The lowest BCUT2D eigenvalue weighted by Gasteiger charge is -2.25. The van der Waals surface area contributed by atoms with Crippen molar-refractivity contribution in [2.24, 2.45) is 0 Å². The van der Waals surface area contributed by atoms with Crippen LogP contribution in [-0.2, 0) is 20.7 Å². The van der Waals surface area contributed by atoms with E-state index in [0.29, 0.717) is 13.0 Å². The molecular weight excluding hydrogens is 268 g/mol. The summed E-state index contributed by atoms with van der Waals surface area (Å²) in [5.41, 5.74) is 1.87. The number of ether oxygens (including phenoxy) is 1. The Morgan fingerprint density at radius 2 is 2.14 bits per heavy atom. The zero-order chi connectivity index (χ0) is 15.4. The van der Waals surface area contributed by atoms with Crippen molar-refractivity contribution in [1.29, 1.82) is 0 Å². The third kappa shape index (κ3) is 3.24. The molecule has 2 atom stereocenters. The topological polar surface area (TPSA) is 58.6 Å². The van der Waals surface area contributed by atoms with Gasteiger partial charge in [0.1, 0.15) is 6.04 Å². The van der Waals surface area contributed by atoms with Crippen LogP contribution in [-0.4, -0.2) is 37.6 Å². The first-order chi connectivity index (χ1) is 10.1. The molecule has 0 saturated carbocycles. The second-order valence-corrected chi connectivity index (χ2v) is 5.31. The van der Waals surface area contributed by atoms with Crippen molar-refractivity contribution >= 4 is 17.5 Å². The molecule has 1 aliphatic heterocycles. The molecule has 0 bridgehead atoms. The lowest BCUT2D eigenvalue weighted by atomic mass is 10.1. The molecular formula is C16H22N2O3. The van der Waals surface area contributed by atoms with Gasteiger partial charge in [0.15, 0.2) is 0 Å². The number of amides is 2. The number of nitrogens with one attached hydrogen (secondary N) is 1. The number of methoxy groups -OCH3 is 1. The molecule has 5 heteroatoms. The van der Waals surface area contributed by atoms with Crippen LogP contribution in [0.1, 0.15) is 25.8 Å². The van der Waals surface area contributed by atoms with Crippen molar-refractivity contribution in [2.45, 2.75) is 38.8 Å². The highest BCUT2D eigenvalue weighted by atomic mass is 16.5. The zero-order valence-corrected chi connectivity index (χ0v) is 12.8. The lowest BCUT2D eigenvalue weighted by Crippen LogP contribution is -2.50. The van der Waals surface area contributed by atoms with Gasteiger partial charge in [-0.2, -0.15) is 0 Å². The third-order valence-electron chi connectivity index (χ3n) is 3.83. The fourth-order valence-corrected chi connectivity index (χ4v) is 2.75. The standard InChI is InChI=1S/C16H22N2O3/c1-4-13(10-21-3)17-16(20)15-9-12-7-5-6-8-14(12)18(15)11(2)19/h5-8,13,15H,4,9-10H2,1-3H3,(H,17,20)/t13?,15-/m0/s1. The number of para-hydroxylation sites is 1. The molecule has 1 unspecified atom stereocenters.